The number of hydrogen-bond acceptors (Lipinski definition) is 3. The number of benzene rings is 1. The molecule has 5 heteroatoms. The van der Waals surface area contributed by atoms with Gasteiger partial charge in [-0.15, -0.1) is 0 Å². The number of carboxylic acids is 1. The summed E-state index contributed by atoms with van der Waals surface area (Å²) in [6.45, 7) is 0. The zero-order valence-corrected chi connectivity index (χ0v) is 9.36. The molecule has 0 aliphatic heterocycles. The van der Waals surface area contributed by atoms with Crippen LogP contribution in [0.1, 0.15) is 24.8 Å². The van der Waals surface area contributed by atoms with Crippen molar-refractivity contribution >= 4 is 5.97 Å². The minimum atomic E-state index is -0.961. The number of phenolic OH excluding ortho intramolecular Hbond substituents is 1. The van der Waals surface area contributed by atoms with Crippen molar-refractivity contribution in [2.75, 3.05) is 7.11 Å². The van der Waals surface area contributed by atoms with E-state index >= 15 is 0 Å². The molecule has 17 heavy (non-hydrogen) atoms. The summed E-state index contributed by atoms with van der Waals surface area (Å²) in [5.74, 6) is -2.24. The summed E-state index contributed by atoms with van der Waals surface area (Å²) in [6, 6.07) is 2.94. The van der Waals surface area contributed by atoms with Crippen LogP contribution in [-0.4, -0.2) is 23.3 Å². The molecule has 1 aliphatic rings. The summed E-state index contributed by atoms with van der Waals surface area (Å²) in [5.41, 5.74) is -0.391. The molecule has 0 spiro atoms. The molecule has 1 aromatic carbocycles. The van der Waals surface area contributed by atoms with E-state index in [1.54, 1.807) is 0 Å². The van der Waals surface area contributed by atoms with Gasteiger partial charge in [0.1, 0.15) is 0 Å². The maximum Gasteiger partial charge on any atom is 0.304 e. The average Bonchev–Trinajstić information content (AvgIpc) is 3.01. The number of aromatic hydroxyl groups is 1. The number of phenols is 1. The lowest BCUT2D eigenvalue weighted by Crippen LogP contribution is -2.14. The van der Waals surface area contributed by atoms with Gasteiger partial charge in [0.2, 0.25) is 0 Å². The van der Waals surface area contributed by atoms with E-state index in [2.05, 4.69) is 0 Å². The highest BCUT2D eigenvalue weighted by Gasteiger charge is 2.48. The third-order valence-electron chi connectivity index (χ3n) is 3.21. The number of hydrogen-bond donors (Lipinski definition) is 2. The van der Waals surface area contributed by atoms with Crippen molar-refractivity contribution in [2.45, 2.75) is 24.7 Å². The fourth-order valence-corrected chi connectivity index (χ4v) is 2.10. The van der Waals surface area contributed by atoms with Crippen molar-refractivity contribution in [1.82, 2.24) is 0 Å². The molecule has 1 aliphatic carbocycles. The first-order valence-corrected chi connectivity index (χ1v) is 5.28. The predicted octanol–water partition coefficient (Wildman–Crippen LogP) is 2.05. The molecule has 2 N–H and O–H groups in total. The Labute approximate surface area is 97.6 Å². The first-order valence-electron chi connectivity index (χ1n) is 5.28. The van der Waals surface area contributed by atoms with Crippen LogP contribution in [0, 0.1) is 5.82 Å². The van der Waals surface area contributed by atoms with E-state index in [9.17, 15) is 14.3 Å². The molecule has 0 aromatic heterocycles. The Morgan fingerprint density at radius 1 is 1.53 bits per heavy atom. The SMILES string of the molecule is COc1ccc(C2(CC(=O)O)CC2)c(F)c1O. The number of carboxylic acid groups (broad SMARTS) is 1. The van der Waals surface area contributed by atoms with Gasteiger partial charge < -0.3 is 14.9 Å². The molecule has 1 fully saturated rings. The smallest absolute Gasteiger partial charge is 0.304 e. The largest absolute Gasteiger partial charge is 0.502 e. The summed E-state index contributed by atoms with van der Waals surface area (Å²) in [4.78, 5) is 10.7. The molecule has 0 atom stereocenters. The number of ether oxygens (including phenoxy) is 1. The van der Waals surface area contributed by atoms with Crippen molar-refractivity contribution in [3.05, 3.63) is 23.5 Å². The molecule has 0 radical (unpaired) electrons. The Morgan fingerprint density at radius 3 is 2.65 bits per heavy atom. The van der Waals surface area contributed by atoms with Gasteiger partial charge >= 0.3 is 5.97 Å². The van der Waals surface area contributed by atoms with Gasteiger partial charge in [0.15, 0.2) is 17.3 Å². The second kappa shape index (κ2) is 3.91. The van der Waals surface area contributed by atoms with Crippen molar-refractivity contribution in [3.8, 4) is 11.5 Å². The molecule has 1 saturated carbocycles. The molecule has 92 valence electrons. The average molecular weight is 240 g/mol. The summed E-state index contributed by atoms with van der Waals surface area (Å²) in [5, 5.41) is 18.4. The minimum absolute atomic E-state index is 0.0531. The highest BCUT2D eigenvalue weighted by Crippen LogP contribution is 2.53. The Morgan fingerprint density at radius 2 is 2.18 bits per heavy atom. The lowest BCUT2D eigenvalue weighted by molar-refractivity contribution is -0.137. The first kappa shape index (κ1) is 11.7. The van der Waals surface area contributed by atoms with Crippen molar-refractivity contribution in [1.29, 1.82) is 0 Å². The quantitative estimate of drug-likeness (QED) is 0.845. The Kier molecular flexibility index (Phi) is 2.69. The second-order valence-corrected chi connectivity index (χ2v) is 4.33. The fourth-order valence-electron chi connectivity index (χ4n) is 2.10. The van der Waals surface area contributed by atoms with Crippen molar-refractivity contribution in [3.63, 3.8) is 0 Å². The molecule has 0 unspecified atom stereocenters. The lowest BCUT2D eigenvalue weighted by Gasteiger charge is -2.15. The van der Waals surface area contributed by atoms with Crippen LogP contribution in [-0.2, 0) is 10.2 Å². The van der Waals surface area contributed by atoms with E-state index in [-0.39, 0.29) is 17.7 Å². The van der Waals surface area contributed by atoms with E-state index in [0.717, 1.165) is 0 Å². The number of rotatable bonds is 4. The molecule has 2 rings (SSSR count). The molecule has 0 amide bonds. The van der Waals surface area contributed by atoms with E-state index in [1.165, 1.54) is 19.2 Å². The van der Waals surface area contributed by atoms with Crippen LogP contribution >= 0.6 is 0 Å². The third kappa shape index (κ3) is 1.92. The van der Waals surface area contributed by atoms with E-state index in [1.807, 2.05) is 0 Å². The van der Waals surface area contributed by atoms with E-state index < -0.39 is 23.0 Å². The molecule has 4 nitrogen and oxygen atoms in total. The molecular weight excluding hydrogens is 227 g/mol. The highest BCUT2D eigenvalue weighted by molar-refractivity contribution is 5.70. The van der Waals surface area contributed by atoms with Gasteiger partial charge in [0.05, 0.1) is 13.5 Å². The van der Waals surface area contributed by atoms with Crippen LogP contribution in [0.2, 0.25) is 0 Å². The van der Waals surface area contributed by atoms with Crippen molar-refractivity contribution < 1.29 is 24.1 Å². The summed E-state index contributed by atoms with van der Waals surface area (Å²) >= 11 is 0. The molecule has 0 bridgehead atoms. The monoisotopic (exact) mass is 240 g/mol. The van der Waals surface area contributed by atoms with Crippen molar-refractivity contribution in [2.24, 2.45) is 0 Å². The normalized spacial score (nSPS) is 16.6. The predicted molar refractivity (Wildman–Crippen MR) is 57.8 cm³/mol. The van der Waals surface area contributed by atoms with Crippen LogP contribution in [0.15, 0.2) is 12.1 Å². The number of aliphatic carboxylic acids is 1. The number of methoxy groups -OCH3 is 1. The first-order chi connectivity index (χ1) is 8.00. The molecule has 0 saturated heterocycles. The van der Waals surface area contributed by atoms with Crippen LogP contribution in [0.4, 0.5) is 4.39 Å². The van der Waals surface area contributed by atoms with Gasteiger partial charge in [-0.1, -0.05) is 6.07 Å². The summed E-state index contributed by atoms with van der Waals surface area (Å²) in [7, 11) is 1.33. The lowest BCUT2D eigenvalue weighted by atomic mass is 9.91. The topological polar surface area (TPSA) is 66.8 Å². The highest BCUT2D eigenvalue weighted by atomic mass is 19.1. The maximum absolute atomic E-state index is 13.9. The number of carbonyl (C=O) groups is 1. The van der Waals surface area contributed by atoms with Crippen LogP contribution in [0.3, 0.4) is 0 Å². The molecular formula is C12H13FO4. The van der Waals surface area contributed by atoms with E-state index in [4.69, 9.17) is 9.84 Å². The van der Waals surface area contributed by atoms with Gasteiger partial charge in [0.25, 0.3) is 0 Å². The Bertz CT molecular complexity index is 466. The van der Waals surface area contributed by atoms with Gasteiger partial charge in [-0.05, 0) is 24.5 Å². The fraction of sp³-hybridized carbons (Fsp3) is 0.417. The summed E-state index contributed by atoms with van der Waals surface area (Å²) < 4.78 is 18.7. The molecule has 0 heterocycles. The van der Waals surface area contributed by atoms with Gasteiger partial charge in [-0.2, -0.15) is 0 Å². The number of halogens is 1. The zero-order valence-electron chi connectivity index (χ0n) is 9.36. The second-order valence-electron chi connectivity index (χ2n) is 4.33. The van der Waals surface area contributed by atoms with Gasteiger partial charge in [0, 0.05) is 5.41 Å². The third-order valence-corrected chi connectivity index (χ3v) is 3.21. The zero-order chi connectivity index (χ0) is 12.6. The van der Waals surface area contributed by atoms with Gasteiger partial charge in [-0.3, -0.25) is 4.79 Å². The van der Waals surface area contributed by atoms with Crippen LogP contribution < -0.4 is 4.74 Å². The minimum Gasteiger partial charge on any atom is -0.502 e. The van der Waals surface area contributed by atoms with Gasteiger partial charge in [-0.25, -0.2) is 4.39 Å². The van der Waals surface area contributed by atoms with Crippen LogP contribution in [0.25, 0.3) is 0 Å². The summed E-state index contributed by atoms with van der Waals surface area (Å²) in [6.07, 6.45) is 1.14. The van der Waals surface area contributed by atoms with E-state index in [0.29, 0.717) is 12.8 Å². The molecule has 1 aromatic rings. The standard InChI is InChI=1S/C12H13FO4/c1-17-8-3-2-7(10(13)11(8)16)12(4-5-12)6-9(14)15/h2-3,16H,4-6H2,1H3,(H,14,15). The Balaban J connectivity index is 2.40. The Hall–Kier alpha value is -1.78. The van der Waals surface area contributed by atoms with Crippen LogP contribution in [0.5, 0.6) is 11.5 Å². The maximum atomic E-state index is 13.9.